The standard InChI is InChI=1S/C15H22BrNO/c1-5-12(16)14(18)17-13(15(2,3)4)11-9-7-6-8-10-11/h6-10,12-13H,5H2,1-4H3,(H,17,18). The molecule has 1 aromatic rings. The Labute approximate surface area is 118 Å². The van der Waals surface area contributed by atoms with Crippen LogP contribution in [0.1, 0.15) is 45.7 Å². The molecule has 0 aliphatic carbocycles. The summed E-state index contributed by atoms with van der Waals surface area (Å²) in [4.78, 5) is 11.9. The molecule has 0 radical (unpaired) electrons. The van der Waals surface area contributed by atoms with Gasteiger partial charge in [0, 0.05) is 0 Å². The quantitative estimate of drug-likeness (QED) is 0.835. The summed E-state index contributed by atoms with van der Waals surface area (Å²) in [7, 11) is 0. The van der Waals surface area contributed by atoms with Gasteiger partial charge < -0.3 is 5.32 Å². The number of benzene rings is 1. The maximum absolute atomic E-state index is 12.0. The van der Waals surface area contributed by atoms with Crippen LogP contribution in [0.25, 0.3) is 0 Å². The predicted octanol–water partition coefficient (Wildman–Crippen LogP) is 4.06. The van der Waals surface area contributed by atoms with Crippen molar-refractivity contribution < 1.29 is 4.79 Å². The highest BCUT2D eigenvalue weighted by Gasteiger charge is 2.29. The third-order valence-electron chi connectivity index (χ3n) is 2.93. The fourth-order valence-electron chi connectivity index (χ4n) is 1.86. The lowest BCUT2D eigenvalue weighted by Gasteiger charge is -2.32. The Balaban J connectivity index is 2.92. The number of carbonyl (C=O) groups excluding carboxylic acids is 1. The van der Waals surface area contributed by atoms with Crippen molar-refractivity contribution >= 4 is 21.8 Å². The van der Waals surface area contributed by atoms with Crippen LogP contribution >= 0.6 is 15.9 Å². The summed E-state index contributed by atoms with van der Waals surface area (Å²) < 4.78 is 0. The predicted molar refractivity (Wildman–Crippen MR) is 79.8 cm³/mol. The van der Waals surface area contributed by atoms with Crippen molar-refractivity contribution in [1.82, 2.24) is 5.32 Å². The van der Waals surface area contributed by atoms with E-state index >= 15 is 0 Å². The van der Waals surface area contributed by atoms with Gasteiger partial charge in [-0.25, -0.2) is 0 Å². The molecule has 0 fully saturated rings. The third-order valence-corrected chi connectivity index (χ3v) is 3.99. The zero-order valence-corrected chi connectivity index (χ0v) is 13.1. The molecule has 0 bridgehead atoms. The van der Waals surface area contributed by atoms with E-state index in [1.54, 1.807) is 0 Å². The van der Waals surface area contributed by atoms with Crippen molar-refractivity contribution in [2.24, 2.45) is 5.41 Å². The minimum absolute atomic E-state index is 0.0164. The lowest BCUT2D eigenvalue weighted by Crippen LogP contribution is -2.40. The Kier molecular flexibility index (Phi) is 5.39. The van der Waals surface area contributed by atoms with E-state index in [2.05, 4.69) is 54.2 Å². The molecule has 0 heterocycles. The van der Waals surface area contributed by atoms with Crippen molar-refractivity contribution in [2.45, 2.75) is 45.0 Å². The first-order valence-corrected chi connectivity index (χ1v) is 7.27. The van der Waals surface area contributed by atoms with Crippen LogP contribution in [0, 0.1) is 5.41 Å². The smallest absolute Gasteiger partial charge is 0.234 e. The highest BCUT2D eigenvalue weighted by Crippen LogP contribution is 2.32. The van der Waals surface area contributed by atoms with E-state index in [9.17, 15) is 4.79 Å². The molecule has 18 heavy (non-hydrogen) atoms. The molecular weight excluding hydrogens is 290 g/mol. The summed E-state index contributed by atoms with van der Waals surface area (Å²) in [5.74, 6) is 0.0567. The van der Waals surface area contributed by atoms with E-state index in [0.29, 0.717) is 0 Å². The molecule has 0 saturated heterocycles. The average Bonchev–Trinajstić information content (AvgIpc) is 2.34. The van der Waals surface area contributed by atoms with E-state index in [1.807, 2.05) is 25.1 Å². The zero-order chi connectivity index (χ0) is 13.8. The number of hydrogen-bond acceptors (Lipinski definition) is 1. The summed E-state index contributed by atoms with van der Waals surface area (Å²) in [6, 6.07) is 10.1. The number of rotatable bonds is 4. The molecule has 1 aromatic carbocycles. The Hall–Kier alpha value is -0.830. The second-order valence-corrected chi connectivity index (χ2v) is 6.70. The van der Waals surface area contributed by atoms with Crippen molar-refractivity contribution in [1.29, 1.82) is 0 Å². The Morgan fingerprint density at radius 1 is 1.28 bits per heavy atom. The fraction of sp³-hybridized carbons (Fsp3) is 0.533. The van der Waals surface area contributed by atoms with Gasteiger partial charge in [0.05, 0.1) is 10.9 Å². The Morgan fingerprint density at radius 2 is 1.83 bits per heavy atom. The molecular formula is C15H22BrNO. The monoisotopic (exact) mass is 311 g/mol. The first kappa shape index (κ1) is 15.2. The van der Waals surface area contributed by atoms with Gasteiger partial charge in [0.25, 0.3) is 0 Å². The minimum atomic E-state index is -0.119. The molecule has 0 aliphatic rings. The lowest BCUT2D eigenvalue weighted by molar-refractivity contribution is -0.122. The van der Waals surface area contributed by atoms with E-state index in [4.69, 9.17) is 0 Å². The molecule has 0 spiro atoms. The van der Waals surface area contributed by atoms with E-state index in [-0.39, 0.29) is 22.2 Å². The topological polar surface area (TPSA) is 29.1 Å². The highest BCUT2D eigenvalue weighted by atomic mass is 79.9. The van der Waals surface area contributed by atoms with Gasteiger partial charge in [0.2, 0.25) is 5.91 Å². The summed E-state index contributed by atoms with van der Waals surface area (Å²) >= 11 is 3.40. The Bertz CT molecular complexity index is 383. The number of hydrogen-bond donors (Lipinski definition) is 1. The summed E-state index contributed by atoms with van der Waals surface area (Å²) in [5, 5.41) is 3.14. The van der Waals surface area contributed by atoms with Gasteiger partial charge in [0.15, 0.2) is 0 Å². The van der Waals surface area contributed by atoms with E-state index in [1.165, 1.54) is 0 Å². The van der Waals surface area contributed by atoms with Gasteiger partial charge in [-0.1, -0.05) is 74.0 Å². The SMILES string of the molecule is CCC(Br)C(=O)NC(c1ccccc1)C(C)(C)C. The third kappa shape index (κ3) is 4.13. The van der Waals surface area contributed by atoms with Crippen LogP contribution in [0.3, 0.4) is 0 Å². The number of amides is 1. The molecule has 1 N–H and O–H groups in total. The molecule has 0 saturated carbocycles. The lowest BCUT2D eigenvalue weighted by atomic mass is 9.82. The molecule has 2 unspecified atom stereocenters. The van der Waals surface area contributed by atoms with Gasteiger partial charge in [-0.2, -0.15) is 0 Å². The van der Waals surface area contributed by atoms with Crippen LogP contribution in [0.4, 0.5) is 0 Å². The summed E-state index contributed by atoms with van der Waals surface area (Å²) in [6.07, 6.45) is 0.789. The van der Waals surface area contributed by atoms with Gasteiger partial charge in [-0.3, -0.25) is 4.79 Å². The van der Waals surface area contributed by atoms with Crippen molar-refractivity contribution in [3.05, 3.63) is 35.9 Å². The number of alkyl halides is 1. The average molecular weight is 312 g/mol. The van der Waals surface area contributed by atoms with Gasteiger partial charge in [-0.05, 0) is 17.4 Å². The first-order chi connectivity index (χ1) is 8.36. The summed E-state index contributed by atoms with van der Waals surface area (Å²) in [6.45, 7) is 8.41. The van der Waals surface area contributed by atoms with Crippen LogP contribution in [0.15, 0.2) is 30.3 Å². The summed E-state index contributed by atoms with van der Waals surface area (Å²) in [5.41, 5.74) is 1.13. The second kappa shape index (κ2) is 6.37. The fourth-order valence-corrected chi connectivity index (χ4v) is 2.00. The number of carbonyl (C=O) groups is 1. The highest BCUT2D eigenvalue weighted by molar-refractivity contribution is 9.10. The molecule has 0 aromatic heterocycles. The maximum atomic E-state index is 12.0. The van der Waals surface area contributed by atoms with Crippen LogP contribution in [-0.2, 0) is 4.79 Å². The van der Waals surface area contributed by atoms with Crippen molar-refractivity contribution in [3.63, 3.8) is 0 Å². The van der Waals surface area contributed by atoms with E-state index < -0.39 is 0 Å². The van der Waals surface area contributed by atoms with Crippen LogP contribution in [0.2, 0.25) is 0 Å². The number of halogens is 1. The maximum Gasteiger partial charge on any atom is 0.234 e. The van der Waals surface area contributed by atoms with E-state index in [0.717, 1.165) is 12.0 Å². The molecule has 2 nitrogen and oxygen atoms in total. The molecule has 3 heteroatoms. The van der Waals surface area contributed by atoms with Gasteiger partial charge in [0.1, 0.15) is 0 Å². The molecule has 100 valence electrons. The van der Waals surface area contributed by atoms with Crippen LogP contribution in [0.5, 0.6) is 0 Å². The minimum Gasteiger partial charge on any atom is -0.348 e. The largest absolute Gasteiger partial charge is 0.348 e. The van der Waals surface area contributed by atoms with Crippen molar-refractivity contribution in [3.8, 4) is 0 Å². The molecule has 1 amide bonds. The van der Waals surface area contributed by atoms with Gasteiger partial charge in [-0.15, -0.1) is 0 Å². The molecule has 1 rings (SSSR count). The molecule has 0 aliphatic heterocycles. The number of nitrogens with one attached hydrogen (secondary N) is 1. The Morgan fingerprint density at radius 3 is 2.28 bits per heavy atom. The normalized spacial score (nSPS) is 14.9. The first-order valence-electron chi connectivity index (χ1n) is 6.35. The van der Waals surface area contributed by atoms with Gasteiger partial charge >= 0.3 is 0 Å². The van der Waals surface area contributed by atoms with Crippen LogP contribution in [-0.4, -0.2) is 10.7 Å². The zero-order valence-electron chi connectivity index (χ0n) is 11.5. The second-order valence-electron chi connectivity index (χ2n) is 5.59. The van der Waals surface area contributed by atoms with Crippen molar-refractivity contribution in [2.75, 3.05) is 0 Å². The van der Waals surface area contributed by atoms with Crippen LogP contribution < -0.4 is 5.32 Å². The molecule has 2 atom stereocenters.